The zero-order chi connectivity index (χ0) is 17.4. The van der Waals surface area contributed by atoms with Crippen LogP contribution < -0.4 is 5.32 Å². The average Bonchev–Trinajstić information content (AvgIpc) is 3.20. The summed E-state index contributed by atoms with van der Waals surface area (Å²) in [6.45, 7) is 0.488. The lowest BCUT2D eigenvalue weighted by Crippen LogP contribution is -2.19. The average molecular weight is 338 g/mol. The van der Waals surface area contributed by atoms with Gasteiger partial charge in [0.25, 0.3) is 0 Å². The Morgan fingerprint density at radius 2 is 2.16 bits per heavy atom. The van der Waals surface area contributed by atoms with Crippen LogP contribution in [0.25, 0.3) is 33.2 Å². The summed E-state index contributed by atoms with van der Waals surface area (Å²) in [4.78, 5) is 27.1. The van der Waals surface area contributed by atoms with Crippen LogP contribution in [0, 0.1) is 5.82 Å². The molecule has 1 amide bonds. The van der Waals surface area contributed by atoms with Gasteiger partial charge in [0, 0.05) is 60.5 Å². The van der Waals surface area contributed by atoms with Crippen LogP contribution in [0.1, 0.15) is 6.42 Å². The second-order valence-electron chi connectivity index (χ2n) is 5.67. The van der Waals surface area contributed by atoms with E-state index >= 15 is 0 Å². The molecule has 4 aromatic rings. The van der Waals surface area contributed by atoms with Crippen molar-refractivity contribution in [1.82, 2.24) is 29.8 Å². The van der Waals surface area contributed by atoms with E-state index in [4.69, 9.17) is 0 Å². The van der Waals surface area contributed by atoms with Crippen LogP contribution in [-0.4, -0.2) is 37.5 Å². The normalized spacial score (nSPS) is 11.3. The van der Waals surface area contributed by atoms with E-state index < -0.39 is 5.82 Å². The Morgan fingerprint density at radius 3 is 3.00 bits per heavy atom. The summed E-state index contributed by atoms with van der Waals surface area (Å²) in [7, 11) is 1.61. The molecule has 0 aliphatic carbocycles. The van der Waals surface area contributed by atoms with Gasteiger partial charge in [-0.3, -0.25) is 4.79 Å². The highest BCUT2D eigenvalue weighted by molar-refractivity contribution is 6.03. The molecular formula is C17H15FN6O. The summed E-state index contributed by atoms with van der Waals surface area (Å²) in [6.07, 6.45) is 8.42. The number of amides is 1. The van der Waals surface area contributed by atoms with Crippen molar-refractivity contribution >= 4 is 28.0 Å². The highest BCUT2D eigenvalue weighted by Crippen LogP contribution is 2.34. The molecule has 0 atom stereocenters. The van der Waals surface area contributed by atoms with Crippen LogP contribution in [-0.2, 0) is 11.3 Å². The summed E-state index contributed by atoms with van der Waals surface area (Å²) in [5.74, 6) is -0.441. The number of aromatic nitrogens is 5. The number of aryl methyl sites for hydroxylation is 1. The summed E-state index contributed by atoms with van der Waals surface area (Å²) in [5.41, 5.74) is 3.03. The number of carbonyl (C=O) groups excluding carboxylic acids is 1. The molecule has 2 N–H and O–H groups in total. The van der Waals surface area contributed by atoms with Crippen molar-refractivity contribution < 1.29 is 9.18 Å². The molecule has 0 aliphatic rings. The Balaban J connectivity index is 1.86. The van der Waals surface area contributed by atoms with Gasteiger partial charge in [-0.25, -0.2) is 19.3 Å². The number of carbonyl (C=O) groups is 1. The monoisotopic (exact) mass is 338 g/mol. The van der Waals surface area contributed by atoms with Gasteiger partial charge < -0.3 is 14.9 Å². The Labute approximate surface area is 141 Å². The second-order valence-corrected chi connectivity index (χ2v) is 5.67. The fraction of sp³-hybridized carbons (Fsp3) is 0.176. The Bertz CT molecular complexity index is 1080. The molecule has 0 fully saturated rings. The number of pyridine rings is 1. The molecule has 4 rings (SSSR count). The second kappa shape index (κ2) is 5.97. The van der Waals surface area contributed by atoms with Gasteiger partial charge >= 0.3 is 0 Å². The predicted molar refractivity (Wildman–Crippen MR) is 91.3 cm³/mol. The number of hydrogen-bond donors (Lipinski definition) is 2. The molecule has 0 saturated heterocycles. The third-order valence-electron chi connectivity index (χ3n) is 4.18. The van der Waals surface area contributed by atoms with Gasteiger partial charge in [-0.15, -0.1) is 0 Å². The molecule has 7 nitrogen and oxygen atoms in total. The lowest BCUT2D eigenvalue weighted by Gasteiger charge is -2.03. The number of hydrogen-bond acceptors (Lipinski definition) is 4. The molecule has 4 heterocycles. The van der Waals surface area contributed by atoms with Gasteiger partial charge in [-0.2, -0.15) is 0 Å². The first-order valence-electron chi connectivity index (χ1n) is 7.80. The third-order valence-corrected chi connectivity index (χ3v) is 4.18. The number of halogens is 1. The number of nitrogens with zero attached hydrogens (tertiary/aromatic N) is 4. The topological polar surface area (TPSA) is 88.5 Å². The minimum absolute atomic E-state index is 0.0455. The van der Waals surface area contributed by atoms with Crippen molar-refractivity contribution in [3.05, 3.63) is 43.0 Å². The zero-order valence-electron chi connectivity index (χ0n) is 13.5. The van der Waals surface area contributed by atoms with Crippen LogP contribution in [0.5, 0.6) is 0 Å². The number of H-pyrrole nitrogens is 1. The fourth-order valence-corrected chi connectivity index (χ4v) is 2.96. The van der Waals surface area contributed by atoms with E-state index in [0.29, 0.717) is 24.0 Å². The number of fused-ring (bicyclic) bond motifs is 2. The zero-order valence-corrected chi connectivity index (χ0v) is 13.5. The smallest absolute Gasteiger partial charge is 0.221 e. The van der Waals surface area contributed by atoms with Crippen LogP contribution in [0.15, 0.2) is 37.2 Å². The molecule has 8 heteroatoms. The van der Waals surface area contributed by atoms with Gasteiger partial charge in [0.05, 0.1) is 6.20 Å². The highest BCUT2D eigenvalue weighted by atomic mass is 19.1. The molecule has 25 heavy (non-hydrogen) atoms. The van der Waals surface area contributed by atoms with Gasteiger partial charge in [0.1, 0.15) is 23.4 Å². The van der Waals surface area contributed by atoms with Gasteiger partial charge in [-0.1, -0.05) is 0 Å². The van der Waals surface area contributed by atoms with Crippen molar-refractivity contribution in [3.63, 3.8) is 0 Å². The minimum Gasteiger partial charge on any atom is -0.359 e. The highest BCUT2D eigenvalue weighted by Gasteiger charge is 2.16. The van der Waals surface area contributed by atoms with E-state index in [2.05, 4.69) is 25.3 Å². The standard InChI is InChI=1S/C17H15FN6O/c1-19-15(25)2-3-24-8-14(13-6-20-9-23-17(13)24)12-7-22-16-11(12)4-10(18)5-21-16/h4-9H,2-3H2,1H3,(H,19,25)(H,21,22). The SMILES string of the molecule is CNC(=O)CCn1cc(-c2c[nH]c3ncc(F)cc23)c2cncnc21. The summed E-state index contributed by atoms with van der Waals surface area (Å²) in [5, 5.41) is 4.13. The maximum absolute atomic E-state index is 13.6. The van der Waals surface area contributed by atoms with E-state index in [-0.39, 0.29) is 5.91 Å². The van der Waals surface area contributed by atoms with Crippen molar-refractivity contribution in [2.24, 2.45) is 0 Å². The molecule has 0 unspecified atom stereocenters. The van der Waals surface area contributed by atoms with Crippen LogP contribution in [0.2, 0.25) is 0 Å². The lowest BCUT2D eigenvalue weighted by molar-refractivity contribution is -0.120. The molecule has 0 saturated carbocycles. The summed E-state index contributed by atoms with van der Waals surface area (Å²) in [6, 6.07) is 1.45. The van der Waals surface area contributed by atoms with E-state index in [0.717, 1.165) is 22.2 Å². The van der Waals surface area contributed by atoms with E-state index in [1.165, 1.54) is 18.6 Å². The Morgan fingerprint density at radius 1 is 1.28 bits per heavy atom. The molecule has 0 aromatic carbocycles. The lowest BCUT2D eigenvalue weighted by atomic mass is 10.1. The van der Waals surface area contributed by atoms with Crippen LogP contribution in [0.4, 0.5) is 4.39 Å². The maximum atomic E-state index is 13.6. The molecule has 0 radical (unpaired) electrons. The molecule has 4 aromatic heterocycles. The van der Waals surface area contributed by atoms with Crippen molar-refractivity contribution in [2.45, 2.75) is 13.0 Å². The number of rotatable bonds is 4. The van der Waals surface area contributed by atoms with Crippen LogP contribution in [0.3, 0.4) is 0 Å². The first kappa shape index (κ1) is 15.3. The first-order chi connectivity index (χ1) is 12.2. The predicted octanol–water partition coefficient (Wildman–Crippen LogP) is 2.25. The van der Waals surface area contributed by atoms with E-state index in [1.54, 1.807) is 19.4 Å². The van der Waals surface area contributed by atoms with Gasteiger partial charge in [-0.05, 0) is 6.07 Å². The largest absolute Gasteiger partial charge is 0.359 e. The van der Waals surface area contributed by atoms with E-state index in [9.17, 15) is 9.18 Å². The Kier molecular flexibility index (Phi) is 3.64. The summed E-state index contributed by atoms with van der Waals surface area (Å²) < 4.78 is 15.5. The molecule has 126 valence electrons. The van der Waals surface area contributed by atoms with Crippen molar-refractivity contribution in [3.8, 4) is 11.1 Å². The summed E-state index contributed by atoms with van der Waals surface area (Å²) >= 11 is 0. The van der Waals surface area contributed by atoms with Gasteiger partial charge in [0.2, 0.25) is 5.91 Å². The fourth-order valence-electron chi connectivity index (χ4n) is 2.96. The first-order valence-corrected chi connectivity index (χ1v) is 7.80. The van der Waals surface area contributed by atoms with Crippen molar-refractivity contribution in [2.75, 3.05) is 7.05 Å². The molecule has 0 bridgehead atoms. The van der Waals surface area contributed by atoms with Crippen molar-refractivity contribution in [1.29, 1.82) is 0 Å². The third kappa shape index (κ3) is 2.61. The number of nitrogens with one attached hydrogen (secondary N) is 2. The van der Waals surface area contributed by atoms with E-state index in [1.807, 2.05) is 10.8 Å². The minimum atomic E-state index is -0.395. The molecular weight excluding hydrogens is 323 g/mol. The number of aromatic amines is 1. The molecule has 0 aliphatic heterocycles. The molecule has 0 spiro atoms. The van der Waals surface area contributed by atoms with Gasteiger partial charge in [0.15, 0.2) is 0 Å². The maximum Gasteiger partial charge on any atom is 0.221 e. The quantitative estimate of drug-likeness (QED) is 0.597. The van der Waals surface area contributed by atoms with Crippen LogP contribution >= 0.6 is 0 Å². The Hall–Kier alpha value is -3.29.